The predicted molar refractivity (Wildman–Crippen MR) is 85.0 cm³/mol. The van der Waals surface area contributed by atoms with Crippen LogP contribution in [0.15, 0.2) is 36.7 Å². The maximum atomic E-state index is 12.0. The minimum atomic E-state index is -0.579. The van der Waals surface area contributed by atoms with Gasteiger partial charge in [0, 0.05) is 16.8 Å². The molecule has 1 heterocycles. The number of nitrogens with zero attached hydrogens (tertiary/aromatic N) is 1. The highest BCUT2D eigenvalue weighted by atomic mass is 35.5. The number of esters is 2. The fourth-order valence-corrected chi connectivity index (χ4v) is 2.08. The van der Waals surface area contributed by atoms with Crippen LogP contribution < -0.4 is 5.32 Å². The average molecular weight is 336 g/mol. The number of hydrogen-bond donors (Lipinski definition) is 2. The Morgan fingerprint density at radius 1 is 1.22 bits per heavy atom. The van der Waals surface area contributed by atoms with Crippen LogP contribution in [0.2, 0.25) is 5.02 Å². The van der Waals surface area contributed by atoms with Gasteiger partial charge in [-0.1, -0.05) is 29.8 Å². The summed E-state index contributed by atoms with van der Waals surface area (Å²) in [6.45, 7) is 0. The summed E-state index contributed by atoms with van der Waals surface area (Å²) in [6, 6.07) is 6.83. The molecule has 2 aromatic rings. The van der Waals surface area contributed by atoms with Gasteiger partial charge in [-0.05, 0) is 6.07 Å². The molecule has 1 aromatic heterocycles. The molecule has 8 heteroatoms. The Hall–Kier alpha value is -2.80. The SMILES string of the molecule is COC(=O)/C(=C\Nc1[nH]ncc1C(=O)OC)c1ccccc1Cl. The van der Waals surface area contributed by atoms with E-state index in [1.54, 1.807) is 24.3 Å². The Morgan fingerprint density at radius 2 is 1.96 bits per heavy atom. The number of aromatic nitrogens is 2. The number of anilines is 1. The first-order valence-corrected chi connectivity index (χ1v) is 6.88. The van der Waals surface area contributed by atoms with Gasteiger partial charge in [0.05, 0.1) is 26.0 Å². The predicted octanol–water partition coefficient (Wildman–Crippen LogP) is 2.48. The molecule has 1 aromatic carbocycles. The van der Waals surface area contributed by atoms with Crippen molar-refractivity contribution in [2.24, 2.45) is 0 Å². The molecule has 0 amide bonds. The number of H-pyrrole nitrogens is 1. The number of methoxy groups -OCH3 is 2. The summed E-state index contributed by atoms with van der Waals surface area (Å²) in [5.74, 6) is -0.859. The Morgan fingerprint density at radius 3 is 2.61 bits per heavy atom. The van der Waals surface area contributed by atoms with Crippen LogP contribution in [0, 0.1) is 0 Å². The maximum absolute atomic E-state index is 12.0. The molecule has 0 spiro atoms. The number of carbonyl (C=O) groups excluding carboxylic acids is 2. The van der Waals surface area contributed by atoms with Gasteiger partial charge in [0.25, 0.3) is 0 Å². The lowest BCUT2D eigenvalue weighted by Crippen LogP contribution is -2.08. The lowest BCUT2D eigenvalue weighted by atomic mass is 10.1. The van der Waals surface area contributed by atoms with E-state index in [1.807, 2.05) is 0 Å². The number of rotatable bonds is 5. The molecule has 2 N–H and O–H groups in total. The van der Waals surface area contributed by atoms with Gasteiger partial charge in [0.15, 0.2) is 0 Å². The largest absolute Gasteiger partial charge is 0.465 e. The van der Waals surface area contributed by atoms with Gasteiger partial charge in [-0.3, -0.25) is 5.10 Å². The molecular weight excluding hydrogens is 322 g/mol. The molecular formula is C15H14ClN3O4. The Bertz CT molecular complexity index is 755. The number of hydrogen-bond acceptors (Lipinski definition) is 6. The highest BCUT2D eigenvalue weighted by Gasteiger charge is 2.17. The summed E-state index contributed by atoms with van der Waals surface area (Å²) >= 11 is 6.11. The first kappa shape index (κ1) is 16.6. The summed E-state index contributed by atoms with van der Waals surface area (Å²) in [4.78, 5) is 23.6. The third-order valence-corrected chi connectivity index (χ3v) is 3.30. The summed E-state index contributed by atoms with van der Waals surface area (Å²) in [6.07, 6.45) is 2.70. The van der Waals surface area contributed by atoms with E-state index in [0.29, 0.717) is 10.6 Å². The minimum absolute atomic E-state index is 0.198. The molecule has 0 fully saturated rings. The van der Waals surface area contributed by atoms with Gasteiger partial charge in [0.2, 0.25) is 0 Å². The standard InChI is InChI=1S/C15H14ClN3O4/c1-22-14(20)10(9-5-3-4-6-12(9)16)7-17-13-11(8-18-19-13)15(21)23-2/h3-8H,1-2H3,(H2,17,18,19)/b10-7-. The van der Waals surface area contributed by atoms with Crippen molar-refractivity contribution in [1.82, 2.24) is 10.2 Å². The molecule has 0 saturated carbocycles. The summed E-state index contributed by atoms with van der Waals surface area (Å²) in [5.41, 5.74) is 0.892. The van der Waals surface area contributed by atoms with E-state index in [4.69, 9.17) is 16.3 Å². The highest BCUT2D eigenvalue weighted by molar-refractivity contribution is 6.34. The van der Waals surface area contributed by atoms with E-state index in [0.717, 1.165) is 0 Å². The molecule has 120 valence electrons. The van der Waals surface area contributed by atoms with Gasteiger partial charge < -0.3 is 14.8 Å². The summed E-state index contributed by atoms with van der Waals surface area (Å²) in [5, 5.41) is 9.57. The number of halogens is 1. The average Bonchev–Trinajstić information content (AvgIpc) is 3.04. The second-order valence-corrected chi connectivity index (χ2v) is 4.73. The Balaban J connectivity index is 2.37. The Labute approximate surface area is 137 Å². The zero-order chi connectivity index (χ0) is 16.8. The quantitative estimate of drug-likeness (QED) is 0.644. The van der Waals surface area contributed by atoms with Gasteiger partial charge >= 0.3 is 11.9 Å². The summed E-state index contributed by atoms with van der Waals surface area (Å²) < 4.78 is 9.41. The zero-order valence-corrected chi connectivity index (χ0v) is 13.2. The smallest absolute Gasteiger partial charge is 0.343 e. The van der Waals surface area contributed by atoms with Gasteiger partial charge in [0.1, 0.15) is 11.4 Å². The van der Waals surface area contributed by atoms with Gasteiger partial charge in [-0.15, -0.1) is 0 Å². The third-order valence-electron chi connectivity index (χ3n) is 2.97. The number of nitrogens with one attached hydrogen (secondary N) is 2. The zero-order valence-electron chi connectivity index (χ0n) is 12.4. The fraction of sp³-hybridized carbons (Fsp3) is 0.133. The van der Waals surface area contributed by atoms with Crippen molar-refractivity contribution in [3.05, 3.63) is 52.8 Å². The number of ether oxygens (including phenoxy) is 2. The Kier molecular flexibility index (Phi) is 5.37. The topological polar surface area (TPSA) is 93.3 Å². The molecule has 7 nitrogen and oxygen atoms in total. The van der Waals surface area contributed by atoms with E-state index in [-0.39, 0.29) is 17.0 Å². The maximum Gasteiger partial charge on any atom is 0.343 e. The first-order valence-electron chi connectivity index (χ1n) is 6.50. The van der Waals surface area contributed by atoms with Crippen molar-refractivity contribution in [1.29, 1.82) is 0 Å². The van der Waals surface area contributed by atoms with Crippen LogP contribution in [0.4, 0.5) is 5.82 Å². The molecule has 0 atom stereocenters. The van der Waals surface area contributed by atoms with Crippen molar-refractivity contribution in [3.8, 4) is 0 Å². The molecule has 0 unspecified atom stereocenters. The second kappa shape index (κ2) is 7.46. The highest BCUT2D eigenvalue weighted by Crippen LogP contribution is 2.25. The molecule has 2 rings (SSSR count). The van der Waals surface area contributed by atoms with Crippen molar-refractivity contribution < 1.29 is 19.1 Å². The third kappa shape index (κ3) is 3.70. The molecule has 0 aliphatic carbocycles. The van der Waals surface area contributed by atoms with Crippen LogP contribution in [0.5, 0.6) is 0 Å². The van der Waals surface area contributed by atoms with Crippen molar-refractivity contribution in [2.45, 2.75) is 0 Å². The van der Waals surface area contributed by atoms with Gasteiger partial charge in [-0.25, -0.2) is 9.59 Å². The van der Waals surface area contributed by atoms with Crippen molar-refractivity contribution in [2.75, 3.05) is 19.5 Å². The molecule has 0 bridgehead atoms. The van der Waals surface area contributed by atoms with Crippen LogP contribution in [0.1, 0.15) is 15.9 Å². The van der Waals surface area contributed by atoms with Crippen LogP contribution in [-0.4, -0.2) is 36.4 Å². The van der Waals surface area contributed by atoms with E-state index < -0.39 is 11.9 Å². The van der Waals surface area contributed by atoms with E-state index in [1.165, 1.54) is 26.6 Å². The first-order chi connectivity index (χ1) is 11.1. The van der Waals surface area contributed by atoms with Crippen molar-refractivity contribution >= 4 is 34.9 Å². The van der Waals surface area contributed by atoms with E-state index >= 15 is 0 Å². The second-order valence-electron chi connectivity index (χ2n) is 4.32. The monoisotopic (exact) mass is 335 g/mol. The van der Waals surface area contributed by atoms with E-state index in [9.17, 15) is 9.59 Å². The lowest BCUT2D eigenvalue weighted by molar-refractivity contribution is -0.133. The van der Waals surface area contributed by atoms with E-state index in [2.05, 4.69) is 20.3 Å². The number of carbonyl (C=O) groups is 2. The fourth-order valence-electron chi connectivity index (χ4n) is 1.84. The number of aromatic amines is 1. The van der Waals surface area contributed by atoms with Crippen LogP contribution >= 0.6 is 11.6 Å². The number of benzene rings is 1. The van der Waals surface area contributed by atoms with Crippen LogP contribution in [0.25, 0.3) is 5.57 Å². The van der Waals surface area contributed by atoms with Crippen LogP contribution in [0.3, 0.4) is 0 Å². The molecule has 0 aliphatic rings. The van der Waals surface area contributed by atoms with Gasteiger partial charge in [-0.2, -0.15) is 5.10 Å². The van der Waals surface area contributed by atoms with Crippen LogP contribution in [-0.2, 0) is 14.3 Å². The van der Waals surface area contributed by atoms with Crippen molar-refractivity contribution in [3.63, 3.8) is 0 Å². The normalized spacial score (nSPS) is 11.0. The molecule has 23 heavy (non-hydrogen) atoms. The molecule has 0 radical (unpaired) electrons. The molecule has 0 saturated heterocycles. The minimum Gasteiger partial charge on any atom is -0.465 e. The lowest BCUT2D eigenvalue weighted by Gasteiger charge is -2.09. The molecule has 0 aliphatic heterocycles. The summed E-state index contributed by atoms with van der Waals surface area (Å²) in [7, 11) is 2.53.